The van der Waals surface area contributed by atoms with Crippen LogP contribution in [-0.2, 0) is 0 Å². The Morgan fingerprint density at radius 3 is 2.50 bits per heavy atom. The average Bonchev–Trinajstić information content (AvgIpc) is 2.74. The highest BCUT2D eigenvalue weighted by atomic mass is 16.4. The van der Waals surface area contributed by atoms with Crippen LogP contribution in [0, 0.1) is 0 Å². The number of carbonyl (C=O) groups is 1. The van der Waals surface area contributed by atoms with E-state index in [1.54, 1.807) is 30.3 Å². The van der Waals surface area contributed by atoms with Gasteiger partial charge in [-0.25, -0.2) is 4.79 Å². The molecular weight excluding hydrogens is 252 g/mol. The maximum atomic E-state index is 10.2. The predicted molar refractivity (Wildman–Crippen MR) is 80.4 cm³/mol. The molecule has 20 heavy (non-hydrogen) atoms. The highest BCUT2D eigenvalue weighted by molar-refractivity contribution is 5.87. The Morgan fingerprint density at radius 2 is 1.80 bits per heavy atom. The Kier molecular flexibility index (Phi) is 5.59. The van der Waals surface area contributed by atoms with Gasteiger partial charge in [0.2, 0.25) is 0 Å². The van der Waals surface area contributed by atoms with Crippen LogP contribution < -0.4 is 0 Å². The van der Waals surface area contributed by atoms with E-state index in [0.717, 1.165) is 6.54 Å². The molecule has 1 aromatic carbocycles. The van der Waals surface area contributed by atoms with Gasteiger partial charge in [0.25, 0.3) is 0 Å². The molecular formula is C16H22N2O2. The van der Waals surface area contributed by atoms with Crippen molar-refractivity contribution in [1.29, 1.82) is 0 Å². The molecule has 4 heteroatoms. The quantitative estimate of drug-likeness (QED) is 0.856. The Morgan fingerprint density at radius 1 is 1.05 bits per heavy atom. The molecule has 0 amide bonds. The van der Waals surface area contributed by atoms with Crippen LogP contribution in [0.4, 0.5) is 0 Å². The molecule has 108 valence electrons. The molecule has 0 unspecified atom stereocenters. The largest absolute Gasteiger partial charge is 0.478 e. The monoisotopic (exact) mass is 274 g/mol. The normalized spacial score (nSPS) is 18.0. The van der Waals surface area contributed by atoms with E-state index in [2.05, 4.69) is 9.89 Å². The summed E-state index contributed by atoms with van der Waals surface area (Å²) in [5.74, 6) is 0.518. The SMILES string of the molecule is C1CCC2=NCCCN2CC1.O=C(O)c1ccccc1. The summed E-state index contributed by atoms with van der Waals surface area (Å²) < 4.78 is 0. The van der Waals surface area contributed by atoms with Gasteiger partial charge in [-0.1, -0.05) is 24.6 Å². The van der Waals surface area contributed by atoms with Crippen molar-refractivity contribution in [2.45, 2.75) is 32.1 Å². The number of carboxylic acids is 1. The summed E-state index contributed by atoms with van der Waals surface area (Å²) in [7, 11) is 0. The fraction of sp³-hybridized carbons (Fsp3) is 0.500. The number of hydrogen-bond acceptors (Lipinski definition) is 3. The third-order valence-corrected chi connectivity index (χ3v) is 3.59. The van der Waals surface area contributed by atoms with Crippen molar-refractivity contribution < 1.29 is 9.90 Å². The minimum Gasteiger partial charge on any atom is -0.478 e. The molecule has 0 atom stereocenters. The number of benzene rings is 1. The number of amidine groups is 1. The van der Waals surface area contributed by atoms with Crippen LogP contribution in [-0.4, -0.2) is 41.4 Å². The van der Waals surface area contributed by atoms with E-state index in [1.807, 2.05) is 0 Å². The van der Waals surface area contributed by atoms with Crippen molar-refractivity contribution in [2.75, 3.05) is 19.6 Å². The lowest BCUT2D eigenvalue weighted by molar-refractivity contribution is 0.0697. The first-order chi connectivity index (χ1) is 9.77. The highest BCUT2D eigenvalue weighted by Crippen LogP contribution is 2.15. The van der Waals surface area contributed by atoms with Crippen LogP contribution in [0.5, 0.6) is 0 Å². The second-order valence-electron chi connectivity index (χ2n) is 5.12. The fourth-order valence-corrected chi connectivity index (χ4v) is 2.52. The number of aliphatic imine (C=N–C) groups is 1. The van der Waals surface area contributed by atoms with E-state index >= 15 is 0 Å². The van der Waals surface area contributed by atoms with E-state index in [4.69, 9.17) is 5.11 Å². The van der Waals surface area contributed by atoms with Gasteiger partial charge in [-0.3, -0.25) is 4.99 Å². The van der Waals surface area contributed by atoms with Crippen LogP contribution in [0.2, 0.25) is 0 Å². The van der Waals surface area contributed by atoms with Crippen LogP contribution in [0.3, 0.4) is 0 Å². The molecule has 0 spiro atoms. The Balaban J connectivity index is 0.000000151. The van der Waals surface area contributed by atoms with E-state index < -0.39 is 5.97 Å². The standard InChI is InChI=1S/C9H16N2.C7H6O2/c1-2-5-9-10-6-4-8-11(9)7-3-1;8-7(9)6-4-2-1-3-5-6/h1-8H2;1-5H,(H,8,9). The van der Waals surface area contributed by atoms with Gasteiger partial charge in [-0.2, -0.15) is 0 Å². The first kappa shape index (κ1) is 14.6. The molecule has 1 aromatic rings. The summed E-state index contributed by atoms with van der Waals surface area (Å²) in [6.45, 7) is 3.60. The zero-order valence-electron chi connectivity index (χ0n) is 11.8. The lowest BCUT2D eigenvalue weighted by Gasteiger charge is -2.27. The van der Waals surface area contributed by atoms with Crippen molar-refractivity contribution in [3.8, 4) is 0 Å². The Bertz CT molecular complexity index is 457. The molecule has 0 aliphatic carbocycles. The number of carboxylic acid groups (broad SMARTS) is 1. The molecule has 3 rings (SSSR count). The second-order valence-corrected chi connectivity index (χ2v) is 5.12. The van der Waals surface area contributed by atoms with E-state index in [9.17, 15) is 4.79 Å². The van der Waals surface area contributed by atoms with Crippen molar-refractivity contribution >= 4 is 11.8 Å². The summed E-state index contributed by atoms with van der Waals surface area (Å²) in [6, 6.07) is 8.30. The Labute approximate surface area is 120 Å². The van der Waals surface area contributed by atoms with Crippen molar-refractivity contribution in [3.05, 3.63) is 35.9 Å². The van der Waals surface area contributed by atoms with E-state index in [0.29, 0.717) is 5.56 Å². The summed E-state index contributed by atoms with van der Waals surface area (Å²) >= 11 is 0. The lowest BCUT2D eigenvalue weighted by Crippen LogP contribution is -2.34. The summed E-state index contributed by atoms with van der Waals surface area (Å²) in [4.78, 5) is 17.2. The number of fused-ring (bicyclic) bond motifs is 1. The van der Waals surface area contributed by atoms with Gasteiger partial charge >= 0.3 is 5.97 Å². The number of nitrogens with zero attached hydrogens (tertiary/aromatic N) is 2. The van der Waals surface area contributed by atoms with Gasteiger partial charge in [0.05, 0.1) is 11.4 Å². The number of rotatable bonds is 1. The third-order valence-electron chi connectivity index (χ3n) is 3.59. The van der Waals surface area contributed by atoms with E-state index in [1.165, 1.54) is 51.0 Å². The smallest absolute Gasteiger partial charge is 0.335 e. The van der Waals surface area contributed by atoms with Gasteiger partial charge in [0.1, 0.15) is 0 Å². The van der Waals surface area contributed by atoms with Crippen LogP contribution in [0.25, 0.3) is 0 Å². The predicted octanol–water partition coefficient (Wildman–Crippen LogP) is 3.05. The molecule has 1 fully saturated rings. The zero-order valence-corrected chi connectivity index (χ0v) is 11.8. The highest BCUT2D eigenvalue weighted by Gasteiger charge is 2.16. The number of hydrogen-bond donors (Lipinski definition) is 1. The van der Waals surface area contributed by atoms with Crippen LogP contribution in [0.15, 0.2) is 35.3 Å². The molecule has 0 radical (unpaired) electrons. The molecule has 1 N–H and O–H groups in total. The topological polar surface area (TPSA) is 52.9 Å². The van der Waals surface area contributed by atoms with Crippen molar-refractivity contribution in [1.82, 2.24) is 4.90 Å². The molecule has 2 aliphatic heterocycles. The minimum absolute atomic E-state index is 0.331. The summed E-state index contributed by atoms with van der Waals surface area (Å²) in [5.41, 5.74) is 0.331. The minimum atomic E-state index is -0.879. The molecule has 0 bridgehead atoms. The van der Waals surface area contributed by atoms with Gasteiger partial charge in [-0.05, 0) is 31.4 Å². The summed E-state index contributed by atoms with van der Waals surface area (Å²) in [6.07, 6.45) is 6.63. The number of aromatic carboxylic acids is 1. The zero-order chi connectivity index (χ0) is 14.2. The van der Waals surface area contributed by atoms with Gasteiger partial charge in [0.15, 0.2) is 0 Å². The fourth-order valence-electron chi connectivity index (χ4n) is 2.52. The molecule has 1 saturated heterocycles. The maximum Gasteiger partial charge on any atom is 0.335 e. The van der Waals surface area contributed by atoms with Gasteiger partial charge in [-0.15, -0.1) is 0 Å². The first-order valence-electron chi connectivity index (χ1n) is 7.34. The molecule has 0 saturated carbocycles. The van der Waals surface area contributed by atoms with Crippen molar-refractivity contribution in [3.63, 3.8) is 0 Å². The van der Waals surface area contributed by atoms with Gasteiger partial charge in [0, 0.05) is 26.1 Å². The lowest BCUT2D eigenvalue weighted by atomic mass is 10.2. The Hall–Kier alpha value is -1.84. The van der Waals surface area contributed by atoms with Crippen molar-refractivity contribution in [2.24, 2.45) is 4.99 Å². The molecule has 2 heterocycles. The van der Waals surface area contributed by atoms with E-state index in [-0.39, 0.29) is 0 Å². The summed E-state index contributed by atoms with van der Waals surface area (Å²) in [5, 5.41) is 8.38. The average molecular weight is 274 g/mol. The second kappa shape index (κ2) is 7.68. The van der Waals surface area contributed by atoms with Gasteiger partial charge < -0.3 is 10.0 Å². The first-order valence-corrected chi connectivity index (χ1v) is 7.34. The maximum absolute atomic E-state index is 10.2. The molecule has 0 aromatic heterocycles. The van der Waals surface area contributed by atoms with Crippen LogP contribution in [0.1, 0.15) is 42.5 Å². The molecule has 2 aliphatic rings. The third kappa shape index (κ3) is 4.37. The molecule has 4 nitrogen and oxygen atoms in total. The van der Waals surface area contributed by atoms with Crippen LogP contribution >= 0.6 is 0 Å².